The van der Waals surface area contributed by atoms with E-state index in [-0.39, 0.29) is 5.69 Å². The minimum absolute atomic E-state index is 0.122. The molecule has 6 heteroatoms. The first-order chi connectivity index (χ1) is 10.2. The number of likely N-dealkylation sites (tertiary alicyclic amines) is 1. The number of hydrogen-bond donors (Lipinski definition) is 1. The van der Waals surface area contributed by atoms with Crippen molar-refractivity contribution in [3.05, 3.63) is 29.6 Å². The highest BCUT2D eigenvalue weighted by Crippen LogP contribution is 2.18. The molecule has 1 N–H and O–H groups in total. The Morgan fingerprint density at radius 1 is 1.33 bits per heavy atom. The van der Waals surface area contributed by atoms with Crippen LogP contribution in [0.2, 0.25) is 0 Å². The number of nitrogens with zero attached hydrogens (tertiary/aromatic N) is 3. The lowest BCUT2D eigenvalue weighted by molar-refractivity contribution is 0.0183. The molecule has 114 valence electrons. The first kappa shape index (κ1) is 14.4. The zero-order valence-corrected chi connectivity index (χ0v) is 12.1. The Labute approximate surface area is 124 Å². The van der Waals surface area contributed by atoms with Gasteiger partial charge in [0.05, 0.1) is 18.9 Å². The van der Waals surface area contributed by atoms with Crippen molar-refractivity contribution in [1.29, 1.82) is 0 Å². The predicted molar refractivity (Wildman–Crippen MR) is 77.3 cm³/mol. The molecule has 2 fully saturated rings. The third-order valence-electron chi connectivity index (χ3n) is 4.22. The molecule has 2 aliphatic rings. The fraction of sp³-hybridized carbons (Fsp3) is 0.600. The van der Waals surface area contributed by atoms with Crippen LogP contribution in [0.1, 0.15) is 22.6 Å². The fourth-order valence-electron chi connectivity index (χ4n) is 3.11. The molecule has 21 heavy (non-hydrogen) atoms. The Morgan fingerprint density at radius 3 is 2.90 bits per heavy atom. The second-order valence-corrected chi connectivity index (χ2v) is 5.65. The van der Waals surface area contributed by atoms with Gasteiger partial charge in [-0.05, 0) is 18.6 Å². The van der Waals surface area contributed by atoms with Crippen molar-refractivity contribution in [2.24, 2.45) is 0 Å². The maximum absolute atomic E-state index is 11.0. The van der Waals surface area contributed by atoms with Crippen LogP contribution in [0.3, 0.4) is 0 Å². The van der Waals surface area contributed by atoms with E-state index in [0.29, 0.717) is 6.04 Å². The zero-order valence-electron chi connectivity index (χ0n) is 12.1. The van der Waals surface area contributed by atoms with E-state index in [2.05, 4.69) is 14.8 Å². The molecule has 0 spiro atoms. The van der Waals surface area contributed by atoms with Crippen LogP contribution >= 0.6 is 0 Å². The van der Waals surface area contributed by atoms with Gasteiger partial charge in [0.15, 0.2) is 0 Å². The number of pyridine rings is 1. The zero-order chi connectivity index (χ0) is 14.7. The van der Waals surface area contributed by atoms with Gasteiger partial charge in [-0.15, -0.1) is 0 Å². The number of ether oxygens (including phenoxy) is 1. The van der Waals surface area contributed by atoms with Crippen molar-refractivity contribution < 1.29 is 14.6 Å². The van der Waals surface area contributed by atoms with Gasteiger partial charge in [-0.3, -0.25) is 9.80 Å². The molecular weight excluding hydrogens is 270 g/mol. The van der Waals surface area contributed by atoms with Gasteiger partial charge in [-0.25, -0.2) is 9.78 Å². The number of carboxylic acids is 1. The minimum Gasteiger partial charge on any atom is -0.477 e. The first-order valence-corrected chi connectivity index (χ1v) is 7.46. The summed E-state index contributed by atoms with van der Waals surface area (Å²) in [4.78, 5) is 20.0. The molecule has 3 rings (SSSR count). The van der Waals surface area contributed by atoms with Gasteiger partial charge in [0.1, 0.15) is 5.69 Å². The second-order valence-electron chi connectivity index (χ2n) is 5.65. The molecule has 1 aromatic heterocycles. The predicted octanol–water partition coefficient (Wildman–Crippen LogP) is 0.686. The molecule has 0 radical (unpaired) electrons. The smallest absolute Gasteiger partial charge is 0.354 e. The average molecular weight is 291 g/mol. The van der Waals surface area contributed by atoms with Gasteiger partial charge in [-0.2, -0.15) is 0 Å². The Hall–Kier alpha value is -1.50. The molecule has 6 nitrogen and oxygen atoms in total. The number of carboxylic acid groups (broad SMARTS) is 1. The van der Waals surface area contributed by atoms with Crippen molar-refractivity contribution in [2.45, 2.75) is 19.0 Å². The van der Waals surface area contributed by atoms with Crippen molar-refractivity contribution >= 4 is 5.97 Å². The molecule has 0 aliphatic carbocycles. The van der Waals surface area contributed by atoms with Crippen LogP contribution in [-0.2, 0) is 11.3 Å². The van der Waals surface area contributed by atoms with Crippen LogP contribution in [0.25, 0.3) is 0 Å². The number of hydrogen-bond acceptors (Lipinski definition) is 5. The molecule has 1 unspecified atom stereocenters. The molecule has 0 aromatic carbocycles. The Bertz CT molecular complexity index is 503. The van der Waals surface area contributed by atoms with Crippen molar-refractivity contribution in [2.75, 3.05) is 39.4 Å². The number of aromatic carboxylic acids is 1. The van der Waals surface area contributed by atoms with Gasteiger partial charge in [0.25, 0.3) is 0 Å². The van der Waals surface area contributed by atoms with Crippen LogP contribution in [0.15, 0.2) is 18.2 Å². The number of rotatable bonds is 4. The quantitative estimate of drug-likeness (QED) is 0.880. The lowest BCUT2D eigenvalue weighted by atomic mass is 10.2. The van der Waals surface area contributed by atoms with E-state index in [9.17, 15) is 4.79 Å². The van der Waals surface area contributed by atoms with E-state index in [4.69, 9.17) is 9.84 Å². The summed E-state index contributed by atoms with van der Waals surface area (Å²) in [7, 11) is 0. The highest BCUT2D eigenvalue weighted by atomic mass is 16.5. The van der Waals surface area contributed by atoms with Crippen LogP contribution in [-0.4, -0.2) is 71.3 Å². The van der Waals surface area contributed by atoms with Gasteiger partial charge in [-0.1, -0.05) is 6.07 Å². The number of carbonyl (C=O) groups is 1. The van der Waals surface area contributed by atoms with Gasteiger partial charge in [0.2, 0.25) is 0 Å². The molecule has 0 amide bonds. The van der Waals surface area contributed by atoms with Crippen LogP contribution in [0, 0.1) is 0 Å². The second kappa shape index (κ2) is 6.51. The Morgan fingerprint density at radius 2 is 2.14 bits per heavy atom. The molecular formula is C15H21N3O3. The largest absolute Gasteiger partial charge is 0.477 e. The fourth-order valence-corrected chi connectivity index (χ4v) is 3.11. The third-order valence-corrected chi connectivity index (χ3v) is 4.22. The summed E-state index contributed by atoms with van der Waals surface area (Å²) < 4.78 is 5.40. The number of aromatic nitrogens is 1. The Kier molecular flexibility index (Phi) is 4.48. The normalized spacial score (nSPS) is 24.3. The minimum atomic E-state index is -0.968. The lowest BCUT2D eigenvalue weighted by Crippen LogP contribution is -2.44. The van der Waals surface area contributed by atoms with Crippen molar-refractivity contribution in [1.82, 2.24) is 14.8 Å². The standard InChI is InChI=1S/C15H21N3O3/c19-15(20)14-3-1-2-12(16-14)10-17-5-4-13(11-17)18-6-8-21-9-7-18/h1-3,13H,4-11H2,(H,19,20). The molecule has 2 saturated heterocycles. The molecule has 0 saturated carbocycles. The van der Waals surface area contributed by atoms with Crippen molar-refractivity contribution in [3.8, 4) is 0 Å². The SMILES string of the molecule is O=C(O)c1cccc(CN2CCC(N3CCOCC3)C2)n1. The Balaban J connectivity index is 1.56. The third kappa shape index (κ3) is 3.58. The average Bonchev–Trinajstić information content (AvgIpc) is 2.97. The van der Waals surface area contributed by atoms with Crippen molar-refractivity contribution in [3.63, 3.8) is 0 Å². The summed E-state index contributed by atoms with van der Waals surface area (Å²) in [6.45, 7) is 6.50. The summed E-state index contributed by atoms with van der Waals surface area (Å²) in [6.07, 6.45) is 1.17. The lowest BCUT2D eigenvalue weighted by Gasteiger charge is -2.32. The maximum atomic E-state index is 11.0. The van der Waals surface area contributed by atoms with E-state index in [1.54, 1.807) is 6.07 Å². The molecule has 1 aromatic rings. The highest BCUT2D eigenvalue weighted by Gasteiger charge is 2.28. The van der Waals surface area contributed by atoms with Gasteiger partial charge in [0, 0.05) is 38.8 Å². The monoisotopic (exact) mass is 291 g/mol. The molecule has 2 aliphatic heterocycles. The highest BCUT2D eigenvalue weighted by molar-refractivity contribution is 5.85. The maximum Gasteiger partial charge on any atom is 0.354 e. The molecule has 1 atom stereocenters. The van der Waals surface area contributed by atoms with Crippen LogP contribution < -0.4 is 0 Å². The van der Waals surface area contributed by atoms with Gasteiger partial charge < -0.3 is 9.84 Å². The van der Waals surface area contributed by atoms with Crippen LogP contribution in [0.4, 0.5) is 0 Å². The summed E-state index contributed by atoms with van der Waals surface area (Å²) in [5.74, 6) is -0.968. The molecule has 3 heterocycles. The van der Waals surface area contributed by atoms with Crippen LogP contribution in [0.5, 0.6) is 0 Å². The summed E-state index contributed by atoms with van der Waals surface area (Å²) in [5, 5.41) is 8.99. The van der Waals surface area contributed by atoms with E-state index < -0.39 is 5.97 Å². The van der Waals surface area contributed by atoms with E-state index in [1.807, 2.05) is 6.07 Å². The first-order valence-electron chi connectivity index (χ1n) is 7.46. The summed E-state index contributed by atoms with van der Waals surface area (Å²) >= 11 is 0. The van der Waals surface area contributed by atoms with Gasteiger partial charge >= 0.3 is 5.97 Å². The molecule has 0 bridgehead atoms. The van der Waals surface area contributed by atoms with E-state index in [1.165, 1.54) is 12.5 Å². The summed E-state index contributed by atoms with van der Waals surface area (Å²) in [5.41, 5.74) is 0.953. The number of morpholine rings is 1. The summed E-state index contributed by atoms with van der Waals surface area (Å²) in [6, 6.07) is 5.79. The van der Waals surface area contributed by atoms with E-state index >= 15 is 0 Å². The van der Waals surface area contributed by atoms with E-state index in [0.717, 1.165) is 51.6 Å². The topological polar surface area (TPSA) is 65.9 Å².